The Hall–Kier alpha value is -2.88. The fourth-order valence-corrected chi connectivity index (χ4v) is 2.45. The zero-order valence-electron chi connectivity index (χ0n) is 11.2. The van der Waals surface area contributed by atoms with E-state index in [0.29, 0.717) is 11.1 Å². The number of rotatable bonds is 4. The highest BCUT2D eigenvalue weighted by Gasteiger charge is 2.19. The number of aromatic nitrogens is 1. The van der Waals surface area contributed by atoms with Crippen LogP contribution in [0.3, 0.4) is 0 Å². The number of Topliss-reactive ketones (excluding diaryl/α,β-unsaturated/α-hetero) is 1. The SMILES string of the molecule is O=C(Cc1c(C(=O)O)[nH]c2ccccc12)c1ccccc1. The Morgan fingerprint density at radius 3 is 2.33 bits per heavy atom. The van der Waals surface area contributed by atoms with Crippen molar-refractivity contribution in [2.24, 2.45) is 0 Å². The maximum Gasteiger partial charge on any atom is 0.352 e. The minimum Gasteiger partial charge on any atom is -0.477 e. The number of carboxylic acid groups (broad SMARTS) is 1. The predicted molar refractivity (Wildman–Crippen MR) is 79.7 cm³/mol. The average Bonchev–Trinajstić information content (AvgIpc) is 2.87. The van der Waals surface area contributed by atoms with Gasteiger partial charge in [-0.05, 0) is 6.07 Å². The van der Waals surface area contributed by atoms with Crippen LogP contribution in [0.1, 0.15) is 26.4 Å². The van der Waals surface area contributed by atoms with Gasteiger partial charge in [-0.15, -0.1) is 0 Å². The van der Waals surface area contributed by atoms with E-state index in [1.54, 1.807) is 30.3 Å². The number of aromatic carboxylic acids is 1. The smallest absolute Gasteiger partial charge is 0.352 e. The molecular weight excluding hydrogens is 266 g/mol. The molecule has 3 aromatic rings. The molecule has 0 unspecified atom stereocenters. The molecule has 4 heteroatoms. The Balaban J connectivity index is 2.05. The van der Waals surface area contributed by atoms with Gasteiger partial charge in [0, 0.05) is 28.5 Å². The van der Waals surface area contributed by atoms with Gasteiger partial charge in [-0.1, -0.05) is 48.5 Å². The highest BCUT2D eigenvalue weighted by molar-refractivity contribution is 6.04. The van der Waals surface area contributed by atoms with Crippen LogP contribution in [0.2, 0.25) is 0 Å². The Kier molecular flexibility index (Phi) is 3.28. The van der Waals surface area contributed by atoms with Gasteiger partial charge in [0.1, 0.15) is 5.69 Å². The topological polar surface area (TPSA) is 70.2 Å². The molecule has 0 aliphatic carbocycles. The summed E-state index contributed by atoms with van der Waals surface area (Å²) in [6.07, 6.45) is 0.0651. The molecule has 2 N–H and O–H groups in total. The molecule has 3 rings (SSSR count). The van der Waals surface area contributed by atoms with Crippen LogP contribution in [0, 0.1) is 0 Å². The summed E-state index contributed by atoms with van der Waals surface area (Å²) >= 11 is 0. The number of hydrogen-bond acceptors (Lipinski definition) is 2. The number of benzene rings is 2. The van der Waals surface area contributed by atoms with Crippen molar-refractivity contribution in [3.63, 3.8) is 0 Å². The molecule has 4 nitrogen and oxygen atoms in total. The average molecular weight is 279 g/mol. The Morgan fingerprint density at radius 1 is 0.952 bits per heavy atom. The highest BCUT2D eigenvalue weighted by Crippen LogP contribution is 2.24. The van der Waals surface area contributed by atoms with Gasteiger partial charge in [-0.3, -0.25) is 4.79 Å². The zero-order chi connectivity index (χ0) is 14.8. The van der Waals surface area contributed by atoms with Crippen molar-refractivity contribution in [3.05, 3.63) is 71.4 Å². The summed E-state index contributed by atoms with van der Waals surface area (Å²) < 4.78 is 0. The Morgan fingerprint density at radius 2 is 1.62 bits per heavy atom. The van der Waals surface area contributed by atoms with Crippen molar-refractivity contribution >= 4 is 22.7 Å². The number of ketones is 1. The van der Waals surface area contributed by atoms with Crippen molar-refractivity contribution in [3.8, 4) is 0 Å². The van der Waals surface area contributed by atoms with Gasteiger partial charge in [0.15, 0.2) is 5.78 Å². The van der Waals surface area contributed by atoms with E-state index in [1.807, 2.05) is 24.3 Å². The summed E-state index contributed by atoms with van der Waals surface area (Å²) in [5, 5.41) is 10.1. The third kappa shape index (κ3) is 2.43. The summed E-state index contributed by atoms with van der Waals surface area (Å²) in [6.45, 7) is 0. The number of carbonyl (C=O) groups is 2. The molecule has 0 aliphatic heterocycles. The van der Waals surface area contributed by atoms with E-state index >= 15 is 0 Å². The van der Waals surface area contributed by atoms with Crippen LogP contribution in [-0.2, 0) is 6.42 Å². The van der Waals surface area contributed by atoms with Crippen molar-refractivity contribution in [2.45, 2.75) is 6.42 Å². The maximum atomic E-state index is 12.3. The molecule has 0 saturated carbocycles. The van der Waals surface area contributed by atoms with Crippen LogP contribution in [0.4, 0.5) is 0 Å². The summed E-state index contributed by atoms with van der Waals surface area (Å²) in [5.74, 6) is -1.15. The lowest BCUT2D eigenvalue weighted by Gasteiger charge is -2.02. The number of hydrogen-bond donors (Lipinski definition) is 2. The largest absolute Gasteiger partial charge is 0.477 e. The van der Waals surface area contributed by atoms with Crippen LogP contribution in [0.5, 0.6) is 0 Å². The third-order valence-corrected chi connectivity index (χ3v) is 3.46. The molecule has 1 aromatic heterocycles. The summed E-state index contributed by atoms with van der Waals surface area (Å²) in [6, 6.07) is 16.2. The Labute approximate surface area is 121 Å². The van der Waals surface area contributed by atoms with Crippen molar-refractivity contribution in [2.75, 3.05) is 0 Å². The summed E-state index contributed by atoms with van der Waals surface area (Å²) in [4.78, 5) is 26.6. The molecule has 0 aliphatic rings. The van der Waals surface area contributed by atoms with Crippen molar-refractivity contribution in [1.29, 1.82) is 0 Å². The van der Waals surface area contributed by atoms with E-state index in [0.717, 1.165) is 10.9 Å². The number of aromatic amines is 1. The lowest BCUT2D eigenvalue weighted by Crippen LogP contribution is -2.08. The van der Waals surface area contributed by atoms with E-state index in [4.69, 9.17) is 0 Å². The molecule has 0 fully saturated rings. The lowest BCUT2D eigenvalue weighted by molar-refractivity contribution is 0.0690. The second-order valence-corrected chi connectivity index (χ2v) is 4.80. The van der Waals surface area contributed by atoms with Crippen molar-refractivity contribution in [1.82, 2.24) is 4.98 Å². The van der Waals surface area contributed by atoms with E-state index in [2.05, 4.69) is 4.98 Å². The number of H-pyrrole nitrogens is 1. The van der Waals surface area contributed by atoms with E-state index in [1.165, 1.54) is 0 Å². The molecule has 0 spiro atoms. The molecule has 0 bridgehead atoms. The third-order valence-electron chi connectivity index (χ3n) is 3.46. The predicted octanol–water partition coefficient (Wildman–Crippen LogP) is 3.29. The first kappa shape index (κ1) is 13.1. The van der Waals surface area contributed by atoms with E-state index < -0.39 is 5.97 Å². The zero-order valence-corrected chi connectivity index (χ0v) is 11.2. The van der Waals surface area contributed by atoms with Gasteiger partial charge in [0.25, 0.3) is 0 Å². The first-order chi connectivity index (χ1) is 10.2. The first-order valence-corrected chi connectivity index (χ1v) is 6.58. The minimum absolute atomic E-state index is 0.0651. The number of carboxylic acids is 1. The molecule has 0 radical (unpaired) electrons. The maximum absolute atomic E-state index is 12.3. The van der Waals surface area contributed by atoms with E-state index in [9.17, 15) is 14.7 Å². The Bertz CT molecular complexity index is 818. The molecule has 104 valence electrons. The second kappa shape index (κ2) is 5.25. The van der Waals surface area contributed by atoms with Crippen LogP contribution in [0.25, 0.3) is 10.9 Å². The van der Waals surface area contributed by atoms with Crippen LogP contribution < -0.4 is 0 Å². The molecule has 0 atom stereocenters. The number of nitrogens with one attached hydrogen (secondary N) is 1. The summed E-state index contributed by atoms with van der Waals surface area (Å²) in [7, 11) is 0. The van der Waals surface area contributed by atoms with Gasteiger partial charge in [0.2, 0.25) is 0 Å². The number of fused-ring (bicyclic) bond motifs is 1. The number of carbonyl (C=O) groups excluding carboxylic acids is 1. The highest BCUT2D eigenvalue weighted by atomic mass is 16.4. The monoisotopic (exact) mass is 279 g/mol. The molecule has 0 amide bonds. The molecule has 1 heterocycles. The van der Waals surface area contributed by atoms with Gasteiger partial charge in [0.05, 0.1) is 0 Å². The van der Waals surface area contributed by atoms with Crippen molar-refractivity contribution < 1.29 is 14.7 Å². The molecular formula is C17H13NO3. The van der Waals surface area contributed by atoms with Gasteiger partial charge in [-0.25, -0.2) is 4.79 Å². The molecule has 0 saturated heterocycles. The fraction of sp³-hybridized carbons (Fsp3) is 0.0588. The van der Waals surface area contributed by atoms with Crippen LogP contribution in [-0.4, -0.2) is 21.8 Å². The first-order valence-electron chi connectivity index (χ1n) is 6.58. The fourth-order valence-electron chi connectivity index (χ4n) is 2.45. The van der Waals surface area contributed by atoms with Gasteiger partial charge in [-0.2, -0.15) is 0 Å². The van der Waals surface area contributed by atoms with Gasteiger partial charge < -0.3 is 10.1 Å². The van der Waals surface area contributed by atoms with Gasteiger partial charge >= 0.3 is 5.97 Å². The molecule has 2 aromatic carbocycles. The summed E-state index contributed by atoms with van der Waals surface area (Å²) in [5.41, 5.74) is 1.93. The quantitative estimate of drug-likeness (QED) is 0.720. The molecule has 21 heavy (non-hydrogen) atoms. The normalized spacial score (nSPS) is 10.7. The van der Waals surface area contributed by atoms with E-state index in [-0.39, 0.29) is 17.9 Å². The lowest BCUT2D eigenvalue weighted by atomic mass is 10.0. The van der Waals surface area contributed by atoms with Crippen LogP contribution in [0.15, 0.2) is 54.6 Å². The van der Waals surface area contributed by atoms with Crippen LogP contribution >= 0.6 is 0 Å². The standard InChI is InChI=1S/C17H13NO3/c19-15(11-6-2-1-3-7-11)10-13-12-8-4-5-9-14(12)18-16(13)17(20)21/h1-9,18H,10H2,(H,20,21). The second-order valence-electron chi connectivity index (χ2n) is 4.80. The minimum atomic E-state index is -1.05. The number of para-hydroxylation sites is 1.